The Morgan fingerprint density at radius 2 is 2.12 bits per heavy atom. The third kappa shape index (κ3) is 3.74. The molecule has 1 aromatic carbocycles. The van der Waals surface area contributed by atoms with Gasteiger partial charge in [-0.15, -0.1) is 0 Å². The minimum Gasteiger partial charge on any atom is -0.369 e. The second-order valence-electron chi connectivity index (χ2n) is 7.92. The first kappa shape index (κ1) is 17.6. The Hall–Kier alpha value is -2.21. The molecule has 1 N–H and O–H groups in total. The zero-order chi connectivity index (χ0) is 18.2. The van der Waals surface area contributed by atoms with Gasteiger partial charge in [-0.2, -0.15) is 5.10 Å². The number of hydrogen-bond acceptors (Lipinski definition) is 4. The van der Waals surface area contributed by atoms with Crippen LogP contribution in [0.4, 0.5) is 0 Å². The first-order valence-electron chi connectivity index (χ1n) is 8.62. The molecule has 6 nitrogen and oxygen atoms in total. The minimum absolute atomic E-state index is 0.0613. The smallest absolute Gasteiger partial charge is 0.251 e. The summed E-state index contributed by atoms with van der Waals surface area (Å²) in [4.78, 5) is 16.5. The van der Waals surface area contributed by atoms with E-state index in [1.807, 2.05) is 25.1 Å². The highest BCUT2D eigenvalue weighted by Crippen LogP contribution is 2.41. The molecule has 134 valence electrons. The number of aromatic nitrogens is 3. The molecule has 2 aromatic rings. The fourth-order valence-corrected chi connectivity index (χ4v) is 3.70. The van der Waals surface area contributed by atoms with Crippen LogP contribution >= 0.6 is 0 Å². The molecule has 0 bridgehead atoms. The van der Waals surface area contributed by atoms with E-state index < -0.39 is 0 Å². The van der Waals surface area contributed by atoms with Gasteiger partial charge in [0.05, 0.1) is 16.9 Å². The van der Waals surface area contributed by atoms with E-state index in [-0.39, 0.29) is 17.1 Å². The number of ether oxygens (including phenoxy) is 1. The number of carbonyl (C=O) groups is 1. The lowest BCUT2D eigenvalue weighted by Gasteiger charge is -2.27. The van der Waals surface area contributed by atoms with Crippen molar-refractivity contribution < 1.29 is 9.53 Å². The molecule has 1 unspecified atom stereocenters. The van der Waals surface area contributed by atoms with Crippen molar-refractivity contribution in [1.82, 2.24) is 20.1 Å². The Kier molecular flexibility index (Phi) is 4.41. The van der Waals surface area contributed by atoms with Crippen molar-refractivity contribution in [3.63, 3.8) is 0 Å². The van der Waals surface area contributed by atoms with Crippen molar-refractivity contribution in [1.29, 1.82) is 0 Å². The molecule has 0 aliphatic carbocycles. The van der Waals surface area contributed by atoms with E-state index >= 15 is 0 Å². The summed E-state index contributed by atoms with van der Waals surface area (Å²) in [5.41, 5.74) is 2.17. The molecule has 0 radical (unpaired) electrons. The molecule has 1 aromatic heterocycles. The van der Waals surface area contributed by atoms with Crippen molar-refractivity contribution >= 4 is 5.91 Å². The van der Waals surface area contributed by atoms with Gasteiger partial charge in [-0.3, -0.25) is 4.79 Å². The van der Waals surface area contributed by atoms with Crippen LogP contribution in [0.25, 0.3) is 5.69 Å². The zero-order valence-corrected chi connectivity index (χ0v) is 15.5. The Bertz CT molecular complexity index is 766. The fourth-order valence-electron chi connectivity index (χ4n) is 3.70. The average Bonchev–Trinajstić information content (AvgIpc) is 3.10. The predicted molar refractivity (Wildman–Crippen MR) is 95.8 cm³/mol. The van der Waals surface area contributed by atoms with Gasteiger partial charge in [-0.1, -0.05) is 0 Å². The van der Waals surface area contributed by atoms with Crippen molar-refractivity contribution in [3.05, 3.63) is 42.0 Å². The number of carbonyl (C=O) groups excluding carboxylic acids is 1. The van der Waals surface area contributed by atoms with Crippen LogP contribution in [0.1, 0.15) is 50.0 Å². The van der Waals surface area contributed by atoms with E-state index in [0.29, 0.717) is 18.0 Å². The summed E-state index contributed by atoms with van der Waals surface area (Å²) < 4.78 is 7.79. The molecule has 25 heavy (non-hydrogen) atoms. The lowest BCUT2D eigenvalue weighted by Crippen LogP contribution is -2.37. The highest BCUT2D eigenvalue weighted by molar-refractivity contribution is 5.94. The van der Waals surface area contributed by atoms with E-state index in [4.69, 9.17) is 4.74 Å². The maximum absolute atomic E-state index is 12.5. The van der Waals surface area contributed by atoms with E-state index in [1.165, 1.54) is 6.33 Å². The number of rotatable bonds is 4. The maximum Gasteiger partial charge on any atom is 0.251 e. The number of hydrogen-bond donors (Lipinski definition) is 1. The molecule has 1 saturated heterocycles. The highest BCUT2D eigenvalue weighted by Gasteiger charge is 2.45. The number of nitrogens with one attached hydrogen (secondary N) is 1. The molecule has 1 fully saturated rings. The van der Waals surface area contributed by atoms with Gasteiger partial charge in [0.25, 0.3) is 5.91 Å². The summed E-state index contributed by atoms with van der Waals surface area (Å²) in [5, 5.41) is 7.19. The fraction of sp³-hybridized carbons (Fsp3) is 0.526. The molecular weight excluding hydrogens is 316 g/mol. The number of amides is 1. The lowest BCUT2D eigenvalue weighted by atomic mass is 9.87. The Morgan fingerprint density at radius 3 is 2.68 bits per heavy atom. The Balaban J connectivity index is 1.67. The van der Waals surface area contributed by atoms with Crippen LogP contribution in [0.3, 0.4) is 0 Å². The summed E-state index contributed by atoms with van der Waals surface area (Å²) in [6.07, 6.45) is 4.07. The quantitative estimate of drug-likeness (QED) is 0.927. The molecule has 1 aliphatic rings. The third-order valence-electron chi connectivity index (χ3n) is 4.89. The molecule has 0 spiro atoms. The van der Waals surface area contributed by atoms with E-state index in [9.17, 15) is 4.79 Å². The topological polar surface area (TPSA) is 69.0 Å². The maximum atomic E-state index is 12.5. The van der Waals surface area contributed by atoms with Crippen LogP contribution in [-0.2, 0) is 4.74 Å². The van der Waals surface area contributed by atoms with Crippen molar-refractivity contribution in [3.8, 4) is 5.69 Å². The second kappa shape index (κ2) is 6.26. The van der Waals surface area contributed by atoms with Crippen LogP contribution in [-0.4, -0.2) is 38.4 Å². The highest BCUT2D eigenvalue weighted by atomic mass is 16.5. The predicted octanol–water partition coefficient (Wildman–Crippen LogP) is 2.90. The first-order chi connectivity index (χ1) is 11.7. The number of benzene rings is 1. The molecule has 0 saturated carbocycles. The van der Waals surface area contributed by atoms with Gasteiger partial charge in [-0.25, -0.2) is 9.67 Å². The zero-order valence-electron chi connectivity index (χ0n) is 15.5. The van der Waals surface area contributed by atoms with Crippen molar-refractivity contribution in [2.75, 3.05) is 6.54 Å². The Morgan fingerprint density at radius 1 is 1.36 bits per heavy atom. The van der Waals surface area contributed by atoms with Gasteiger partial charge < -0.3 is 10.1 Å². The van der Waals surface area contributed by atoms with Gasteiger partial charge in [0.2, 0.25) is 0 Å². The standard InChI is InChI=1S/C19H26N4O2/c1-13-8-14(6-7-16(13)23-12-20-11-22-23)17(24)21-10-15-9-18(2,3)25-19(15,4)5/h6-8,11-12,15H,9-10H2,1-5H3,(H,21,24). The van der Waals surface area contributed by atoms with E-state index in [2.05, 4.69) is 43.1 Å². The van der Waals surface area contributed by atoms with Gasteiger partial charge in [-0.05, 0) is 64.8 Å². The molecule has 1 aliphatic heterocycles. The summed E-state index contributed by atoms with van der Waals surface area (Å²) >= 11 is 0. The SMILES string of the molecule is Cc1cc(C(=O)NCC2CC(C)(C)OC2(C)C)ccc1-n1cncn1. The minimum atomic E-state index is -0.232. The first-order valence-corrected chi connectivity index (χ1v) is 8.62. The van der Waals surface area contributed by atoms with Gasteiger partial charge >= 0.3 is 0 Å². The van der Waals surface area contributed by atoms with Crippen LogP contribution < -0.4 is 5.32 Å². The van der Waals surface area contributed by atoms with Crippen LogP contribution in [0.15, 0.2) is 30.9 Å². The van der Waals surface area contributed by atoms with Crippen LogP contribution in [0.5, 0.6) is 0 Å². The normalized spacial score (nSPS) is 21.2. The molecule has 1 amide bonds. The van der Waals surface area contributed by atoms with Gasteiger partial charge in [0.15, 0.2) is 0 Å². The average molecular weight is 342 g/mol. The van der Waals surface area contributed by atoms with E-state index in [1.54, 1.807) is 11.0 Å². The molecule has 3 rings (SSSR count). The number of nitrogens with zero attached hydrogens (tertiary/aromatic N) is 3. The van der Waals surface area contributed by atoms with Gasteiger partial charge in [0.1, 0.15) is 12.7 Å². The second-order valence-corrected chi connectivity index (χ2v) is 7.92. The molecular formula is C19H26N4O2. The summed E-state index contributed by atoms with van der Waals surface area (Å²) in [5.74, 6) is 0.232. The van der Waals surface area contributed by atoms with Crippen molar-refractivity contribution in [2.45, 2.75) is 52.2 Å². The molecule has 6 heteroatoms. The third-order valence-corrected chi connectivity index (χ3v) is 4.89. The largest absolute Gasteiger partial charge is 0.369 e. The van der Waals surface area contributed by atoms with Crippen LogP contribution in [0.2, 0.25) is 0 Å². The summed E-state index contributed by atoms with van der Waals surface area (Å²) in [7, 11) is 0. The molecule has 2 heterocycles. The van der Waals surface area contributed by atoms with E-state index in [0.717, 1.165) is 17.7 Å². The molecule has 1 atom stereocenters. The summed E-state index contributed by atoms with van der Waals surface area (Å²) in [6, 6.07) is 5.59. The van der Waals surface area contributed by atoms with Gasteiger partial charge in [0, 0.05) is 18.0 Å². The summed E-state index contributed by atoms with van der Waals surface area (Å²) in [6.45, 7) is 11.0. The van der Waals surface area contributed by atoms with Crippen LogP contribution in [0, 0.1) is 12.8 Å². The number of aryl methyl sites for hydroxylation is 1. The van der Waals surface area contributed by atoms with Crippen molar-refractivity contribution in [2.24, 2.45) is 5.92 Å². The Labute approximate surface area is 148 Å². The lowest BCUT2D eigenvalue weighted by molar-refractivity contribution is -0.0740. The monoisotopic (exact) mass is 342 g/mol.